The van der Waals surface area contributed by atoms with E-state index in [0.29, 0.717) is 5.92 Å². The molecule has 1 aliphatic rings. The third kappa shape index (κ3) is 2.03. The van der Waals surface area contributed by atoms with Crippen LogP contribution in [-0.4, -0.2) is 13.2 Å². The Kier molecular flexibility index (Phi) is 3.22. The fraction of sp³-hybridized carbons (Fsp3) is 0.273. The van der Waals surface area contributed by atoms with Crippen LogP contribution in [0.4, 0.5) is 0 Å². The monoisotopic (exact) mass is 315 g/mol. The van der Waals surface area contributed by atoms with Crippen molar-refractivity contribution in [2.45, 2.75) is 18.9 Å². The molecule has 2 heteroatoms. The molecule has 0 amide bonds. The normalized spacial score (nSPS) is 17.9. The van der Waals surface area contributed by atoms with Crippen molar-refractivity contribution in [3.05, 3.63) is 60.2 Å². The summed E-state index contributed by atoms with van der Waals surface area (Å²) in [5, 5.41) is 7.97. The van der Waals surface area contributed by atoms with Crippen LogP contribution in [0.2, 0.25) is 0 Å². The summed E-state index contributed by atoms with van der Waals surface area (Å²) in [5.41, 5.74) is 8.00. The van der Waals surface area contributed by atoms with Gasteiger partial charge in [0.2, 0.25) is 0 Å². The van der Waals surface area contributed by atoms with Crippen molar-refractivity contribution < 1.29 is 4.74 Å². The van der Waals surface area contributed by atoms with Gasteiger partial charge in [-0.25, -0.2) is 0 Å². The lowest BCUT2D eigenvalue weighted by atomic mass is 9.83. The topological polar surface area (TPSA) is 35.2 Å². The number of nitrogens with two attached hydrogens (primary N) is 1. The first kappa shape index (κ1) is 14.2. The highest BCUT2D eigenvalue weighted by atomic mass is 16.5. The highest BCUT2D eigenvalue weighted by molar-refractivity contribution is 6.23. The average Bonchev–Trinajstić information content (AvgIpc) is 2.66. The van der Waals surface area contributed by atoms with Gasteiger partial charge in [-0.05, 0) is 56.6 Å². The zero-order valence-corrected chi connectivity index (χ0v) is 13.7. The Bertz CT molecular complexity index is 1000. The van der Waals surface area contributed by atoms with Crippen LogP contribution in [0.3, 0.4) is 0 Å². The molecule has 1 saturated heterocycles. The van der Waals surface area contributed by atoms with E-state index in [2.05, 4.69) is 54.6 Å². The van der Waals surface area contributed by atoms with Crippen molar-refractivity contribution in [2.75, 3.05) is 13.2 Å². The summed E-state index contributed by atoms with van der Waals surface area (Å²) in [7, 11) is 0. The van der Waals surface area contributed by atoms with Crippen molar-refractivity contribution in [1.29, 1.82) is 0 Å². The van der Waals surface area contributed by atoms with E-state index in [9.17, 15) is 0 Å². The molecule has 0 bridgehead atoms. The molecular weight excluding hydrogens is 294 g/mol. The fourth-order valence-electron chi connectivity index (χ4n) is 4.38. The van der Waals surface area contributed by atoms with Gasteiger partial charge in [-0.1, -0.05) is 54.6 Å². The highest BCUT2D eigenvalue weighted by Gasteiger charge is 2.24. The number of hydrogen-bond donors (Lipinski definition) is 1. The maximum absolute atomic E-state index is 6.71. The summed E-state index contributed by atoms with van der Waals surface area (Å²) < 4.78 is 5.51. The smallest absolute Gasteiger partial charge is 0.0469 e. The molecule has 0 unspecified atom stereocenters. The minimum absolute atomic E-state index is 0.0819. The zero-order chi connectivity index (χ0) is 16.1. The molecule has 0 aromatic heterocycles. The van der Waals surface area contributed by atoms with Crippen LogP contribution in [0.15, 0.2) is 54.6 Å². The predicted octanol–water partition coefficient (Wildman–Crippen LogP) is 5.01. The summed E-state index contributed by atoms with van der Waals surface area (Å²) in [6.45, 7) is 1.67. The first-order valence-corrected chi connectivity index (χ1v) is 8.83. The molecule has 0 aliphatic carbocycles. The van der Waals surface area contributed by atoms with Crippen LogP contribution in [0.25, 0.3) is 32.3 Å². The largest absolute Gasteiger partial charge is 0.381 e. The Morgan fingerprint density at radius 3 is 2.17 bits per heavy atom. The number of hydrogen-bond acceptors (Lipinski definition) is 2. The predicted molar refractivity (Wildman–Crippen MR) is 101 cm³/mol. The Labute approximate surface area is 141 Å². The van der Waals surface area contributed by atoms with Crippen molar-refractivity contribution in [3.63, 3.8) is 0 Å². The van der Waals surface area contributed by atoms with Gasteiger partial charge in [-0.3, -0.25) is 0 Å². The molecule has 2 N–H and O–H groups in total. The molecule has 1 aliphatic heterocycles. The van der Waals surface area contributed by atoms with E-state index in [1.54, 1.807) is 0 Å². The zero-order valence-electron chi connectivity index (χ0n) is 13.7. The second kappa shape index (κ2) is 5.44. The molecule has 2 nitrogen and oxygen atoms in total. The van der Waals surface area contributed by atoms with Crippen LogP contribution in [0.1, 0.15) is 24.4 Å². The van der Waals surface area contributed by atoms with Gasteiger partial charge in [0, 0.05) is 19.3 Å². The van der Waals surface area contributed by atoms with Crippen molar-refractivity contribution in [3.8, 4) is 0 Å². The molecule has 4 aromatic carbocycles. The van der Waals surface area contributed by atoms with Crippen molar-refractivity contribution in [2.24, 2.45) is 11.7 Å². The molecular formula is C22H21NO. The maximum atomic E-state index is 6.71. The van der Waals surface area contributed by atoms with Crippen molar-refractivity contribution in [1.82, 2.24) is 0 Å². The molecule has 4 aromatic rings. The van der Waals surface area contributed by atoms with Gasteiger partial charge in [0.05, 0.1) is 0 Å². The number of benzene rings is 4. The molecule has 0 saturated carbocycles. The second-order valence-electron chi connectivity index (χ2n) is 6.99. The summed E-state index contributed by atoms with van der Waals surface area (Å²) in [6.07, 6.45) is 2.12. The molecule has 1 heterocycles. The van der Waals surface area contributed by atoms with E-state index in [-0.39, 0.29) is 6.04 Å². The lowest BCUT2D eigenvalue weighted by Crippen LogP contribution is -2.27. The fourth-order valence-corrected chi connectivity index (χ4v) is 4.38. The Balaban J connectivity index is 1.77. The summed E-state index contributed by atoms with van der Waals surface area (Å²) in [5.74, 6) is 0.511. The third-order valence-corrected chi connectivity index (χ3v) is 5.70. The van der Waals surface area contributed by atoms with E-state index >= 15 is 0 Å². The highest BCUT2D eigenvalue weighted by Crippen LogP contribution is 2.39. The van der Waals surface area contributed by atoms with Gasteiger partial charge >= 0.3 is 0 Å². The molecule has 120 valence electrons. The lowest BCUT2D eigenvalue weighted by Gasteiger charge is -2.29. The summed E-state index contributed by atoms with van der Waals surface area (Å²) >= 11 is 0. The standard InChI is InChI=1S/C22H21NO/c23-22(17-10-12-24-13-11-17)19-9-7-16-5-4-14-2-1-3-15-6-8-18(19)21(16)20(14)15/h1-9,17,22H,10-13,23H2/t22-/m1/s1. The van der Waals surface area contributed by atoms with Gasteiger partial charge in [-0.2, -0.15) is 0 Å². The van der Waals surface area contributed by atoms with Gasteiger partial charge in [0.1, 0.15) is 0 Å². The quantitative estimate of drug-likeness (QED) is 0.528. The van der Waals surface area contributed by atoms with E-state index in [1.807, 2.05) is 0 Å². The molecule has 0 radical (unpaired) electrons. The molecule has 1 fully saturated rings. The minimum atomic E-state index is 0.0819. The SMILES string of the molecule is N[C@@H](c1ccc2ccc3cccc4ccc1c2c34)C1CCOCC1. The van der Waals surface area contributed by atoms with Gasteiger partial charge in [-0.15, -0.1) is 0 Å². The van der Waals surface area contributed by atoms with E-state index in [4.69, 9.17) is 10.5 Å². The third-order valence-electron chi connectivity index (χ3n) is 5.70. The van der Waals surface area contributed by atoms with Crippen LogP contribution in [0.5, 0.6) is 0 Å². The summed E-state index contributed by atoms with van der Waals surface area (Å²) in [4.78, 5) is 0. The van der Waals surface area contributed by atoms with Crippen LogP contribution >= 0.6 is 0 Å². The molecule has 1 atom stereocenters. The Hall–Kier alpha value is -2.16. The van der Waals surface area contributed by atoms with Crippen LogP contribution in [-0.2, 0) is 4.74 Å². The molecule has 24 heavy (non-hydrogen) atoms. The average molecular weight is 315 g/mol. The molecule has 0 spiro atoms. The lowest BCUT2D eigenvalue weighted by molar-refractivity contribution is 0.0585. The van der Waals surface area contributed by atoms with Gasteiger partial charge < -0.3 is 10.5 Å². The number of ether oxygens (including phenoxy) is 1. The van der Waals surface area contributed by atoms with Gasteiger partial charge in [0.15, 0.2) is 0 Å². The summed E-state index contributed by atoms with van der Waals surface area (Å²) in [6, 6.07) is 20.1. The first-order valence-electron chi connectivity index (χ1n) is 8.83. The number of rotatable bonds is 2. The van der Waals surface area contributed by atoms with Crippen LogP contribution < -0.4 is 5.73 Å². The first-order chi connectivity index (χ1) is 11.8. The Morgan fingerprint density at radius 1 is 0.792 bits per heavy atom. The van der Waals surface area contributed by atoms with E-state index in [1.165, 1.54) is 37.9 Å². The molecule has 5 rings (SSSR count). The van der Waals surface area contributed by atoms with Crippen LogP contribution in [0, 0.1) is 5.92 Å². The second-order valence-corrected chi connectivity index (χ2v) is 6.99. The minimum Gasteiger partial charge on any atom is -0.381 e. The van der Waals surface area contributed by atoms with E-state index < -0.39 is 0 Å². The van der Waals surface area contributed by atoms with E-state index in [0.717, 1.165) is 26.1 Å². The Morgan fingerprint density at radius 2 is 1.42 bits per heavy atom. The van der Waals surface area contributed by atoms with Crippen molar-refractivity contribution >= 4 is 32.3 Å². The van der Waals surface area contributed by atoms with Gasteiger partial charge in [0.25, 0.3) is 0 Å². The maximum Gasteiger partial charge on any atom is 0.0469 e.